The molecule has 0 spiro atoms. The number of nitrogens with zero attached hydrogens (tertiary/aromatic N) is 3. The van der Waals surface area contributed by atoms with Gasteiger partial charge in [0.25, 0.3) is 0 Å². The van der Waals surface area contributed by atoms with E-state index in [0.717, 1.165) is 0 Å². The molecular weight excluding hydrogens is 197 g/mol. The van der Waals surface area contributed by atoms with Gasteiger partial charge in [-0.3, -0.25) is 4.79 Å². The lowest BCUT2D eigenvalue weighted by Crippen LogP contribution is -1.92. The van der Waals surface area contributed by atoms with Crippen LogP contribution in [0.15, 0.2) is 24.3 Å². The molecule has 0 bridgehead atoms. The first-order chi connectivity index (χ1) is 7.20. The average Bonchev–Trinajstić information content (AvgIpc) is 2.61. The van der Waals surface area contributed by atoms with E-state index in [1.165, 1.54) is 16.9 Å². The van der Waals surface area contributed by atoms with Crippen LogP contribution in [0.25, 0.3) is 11.3 Å². The summed E-state index contributed by atoms with van der Waals surface area (Å²) in [4.78, 5) is 12.0. The number of aromatic nitrogens is 3. The second-order valence-electron chi connectivity index (χ2n) is 3.05. The Bertz CT molecular complexity index is 490. The topological polar surface area (TPSA) is 47.8 Å². The monoisotopic (exact) mass is 205 g/mol. The fourth-order valence-electron chi connectivity index (χ4n) is 1.31. The molecule has 76 valence electrons. The maximum atomic E-state index is 12.7. The lowest BCUT2D eigenvalue weighted by Gasteiger charge is -1.95. The zero-order chi connectivity index (χ0) is 10.8. The van der Waals surface area contributed by atoms with Crippen molar-refractivity contribution in [3.8, 4) is 11.3 Å². The summed E-state index contributed by atoms with van der Waals surface area (Å²) in [7, 11) is 1.63. The number of carbonyl (C=O) groups excluding carboxylic acids is 1. The summed E-state index contributed by atoms with van der Waals surface area (Å²) in [5, 5.41) is 7.90. The highest BCUT2D eigenvalue weighted by Crippen LogP contribution is 2.18. The van der Waals surface area contributed by atoms with E-state index in [1.807, 2.05) is 0 Å². The maximum absolute atomic E-state index is 12.7. The van der Waals surface area contributed by atoms with Gasteiger partial charge in [0, 0.05) is 12.6 Å². The first-order valence-corrected chi connectivity index (χ1v) is 4.33. The van der Waals surface area contributed by atoms with Gasteiger partial charge >= 0.3 is 0 Å². The lowest BCUT2D eigenvalue weighted by molar-refractivity contribution is 0.111. The average molecular weight is 205 g/mol. The molecule has 0 saturated carbocycles. The largest absolute Gasteiger partial charge is 0.296 e. The molecule has 0 saturated heterocycles. The van der Waals surface area contributed by atoms with Crippen molar-refractivity contribution in [3.63, 3.8) is 0 Å². The zero-order valence-electron chi connectivity index (χ0n) is 8.01. The van der Waals surface area contributed by atoms with E-state index in [0.29, 0.717) is 17.5 Å². The van der Waals surface area contributed by atoms with Gasteiger partial charge in [-0.25, -0.2) is 4.39 Å². The second kappa shape index (κ2) is 3.61. The number of rotatable bonds is 2. The Kier molecular flexibility index (Phi) is 2.29. The van der Waals surface area contributed by atoms with Crippen molar-refractivity contribution in [1.82, 2.24) is 15.0 Å². The standard InChI is InChI=1S/C10H8FN3O/c1-14-12-9(6-15)10(13-14)7-2-4-8(11)5-3-7/h2-6H,1H3. The van der Waals surface area contributed by atoms with E-state index < -0.39 is 0 Å². The molecule has 0 atom stereocenters. The molecule has 1 heterocycles. The van der Waals surface area contributed by atoms with Crippen LogP contribution in [-0.4, -0.2) is 21.3 Å². The molecule has 2 rings (SSSR count). The maximum Gasteiger partial charge on any atom is 0.172 e. The summed E-state index contributed by atoms with van der Waals surface area (Å²) in [6.45, 7) is 0. The molecule has 0 aliphatic rings. The Labute approximate surface area is 85.3 Å². The molecule has 0 unspecified atom stereocenters. The van der Waals surface area contributed by atoms with E-state index in [1.54, 1.807) is 19.2 Å². The Balaban J connectivity index is 2.52. The molecule has 1 aromatic carbocycles. The predicted octanol–water partition coefficient (Wildman–Crippen LogP) is 1.43. The quantitative estimate of drug-likeness (QED) is 0.697. The van der Waals surface area contributed by atoms with Gasteiger partial charge in [0.05, 0.1) is 0 Å². The van der Waals surface area contributed by atoms with Gasteiger partial charge in [0.1, 0.15) is 11.5 Å². The molecule has 0 fully saturated rings. The fraction of sp³-hybridized carbons (Fsp3) is 0.100. The van der Waals surface area contributed by atoms with Crippen molar-refractivity contribution >= 4 is 6.29 Å². The summed E-state index contributed by atoms with van der Waals surface area (Å²) < 4.78 is 12.7. The Hall–Kier alpha value is -2.04. The Morgan fingerprint density at radius 1 is 1.27 bits per heavy atom. The van der Waals surface area contributed by atoms with Gasteiger partial charge in [-0.1, -0.05) is 0 Å². The van der Waals surface area contributed by atoms with E-state index in [4.69, 9.17) is 0 Å². The van der Waals surface area contributed by atoms with Crippen LogP contribution >= 0.6 is 0 Å². The van der Waals surface area contributed by atoms with Gasteiger partial charge < -0.3 is 0 Å². The van der Waals surface area contributed by atoms with Crippen molar-refractivity contribution in [2.24, 2.45) is 7.05 Å². The molecule has 5 heteroatoms. The lowest BCUT2D eigenvalue weighted by atomic mass is 10.1. The van der Waals surface area contributed by atoms with Gasteiger partial charge in [0.2, 0.25) is 0 Å². The summed E-state index contributed by atoms with van der Waals surface area (Å²) in [5.41, 5.74) is 1.39. The van der Waals surface area contributed by atoms with Crippen molar-refractivity contribution in [1.29, 1.82) is 0 Å². The molecule has 0 radical (unpaired) electrons. The SMILES string of the molecule is Cn1nc(C=O)c(-c2ccc(F)cc2)n1. The molecule has 0 amide bonds. The second-order valence-corrected chi connectivity index (χ2v) is 3.05. The van der Waals surface area contributed by atoms with Gasteiger partial charge in [-0.2, -0.15) is 15.0 Å². The minimum absolute atomic E-state index is 0.254. The van der Waals surface area contributed by atoms with Crippen molar-refractivity contribution < 1.29 is 9.18 Å². The number of aldehydes is 1. The Morgan fingerprint density at radius 2 is 1.93 bits per heavy atom. The smallest absolute Gasteiger partial charge is 0.172 e. The molecule has 1 aromatic heterocycles. The summed E-state index contributed by atoms with van der Waals surface area (Å²) in [5.74, 6) is -0.324. The van der Waals surface area contributed by atoms with Crippen LogP contribution in [0.3, 0.4) is 0 Å². The Morgan fingerprint density at radius 3 is 2.53 bits per heavy atom. The van der Waals surface area contributed by atoms with Crippen molar-refractivity contribution in [2.45, 2.75) is 0 Å². The van der Waals surface area contributed by atoms with Crippen molar-refractivity contribution in [3.05, 3.63) is 35.8 Å². The third-order valence-electron chi connectivity index (χ3n) is 1.97. The zero-order valence-corrected chi connectivity index (χ0v) is 8.01. The van der Waals surface area contributed by atoms with Crippen molar-refractivity contribution in [2.75, 3.05) is 0 Å². The van der Waals surface area contributed by atoms with Crippen LogP contribution in [0.5, 0.6) is 0 Å². The van der Waals surface area contributed by atoms with Crippen LogP contribution in [0.1, 0.15) is 10.5 Å². The number of halogens is 1. The van der Waals surface area contributed by atoms with Crippen LogP contribution in [0.4, 0.5) is 4.39 Å². The van der Waals surface area contributed by atoms with E-state index in [2.05, 4.69) is 10.2 Å². The van der Waals surface area contributed by atoms with E-state index in [9.17, 15) is 9.18 Å². The third-order valence-corrected chi connectivity index (χ3v) is 1.97. The van der Waals surface area contributed by atoms with Crippen LogP contribution in [0, 0.1) is 5.82 Å². The predicted molar refractivity (Wildman–Crippen MR) is 51.8 cm³/mol. The minimum atomic E-state index is -0.324. The number of benzene rings is 1. The molecule has 4 nitrogen and oxygen atoms in total. The van der Waals surface area contributed by atoms with E-state index >= 15 is 0 Å². The number of hydrogen-bond donors (Lipinski definition) is 0. The first kappa shape index (κ1) is 9.51. The molecule has 15 heavy (non-hydrogen) atoms. The van der Waals surface area contributed by atoms with Crippen LogP contribution in [0.2, 0.25) is 0 Å². The van der Waals surface area contributed by atoms with Gasteiger partial charge in [0.15, 0.2) is 12.0 Å². The first-order valence-electron chi connectivity index (χ1n) is 4.33. The van der Waals surface area contributed by atoms with Gasteiger partial charge in [-0.15, -0.1) is 0 Å². The third kappa shape index (κ3) is 1.76. The molecule has 2 aromatic rings. The highest BCUT2D eigenvalue weighted by Gasteiger charge is 2.10. The van der Waals surface area contributed by atoms with Gasteiger partial charge in [-0.05, 0) is 24.3 Å². The molecular formula is C10H8FN3O. The minimum Gasteiger partial charge on any atom is -0.296 e. The van der Waals surface area contributed by atoms with Crippen LogP contribution < -0.4 is 0 Å². The molecule has 0 aliphatic heterocycles. The van der Waals surface area contributed by atoms with E-state index in [-0.39, 0.29) is 11.5 Å². The number of hydrogen-bond acceptors (Lipinski definition) is 3. The number of carbonyl (C=O) groups is 1. The normalized spacial score (nSPS) is 10.3. The molecule has 0 N–H and O–H groups in total. The highest BCUT2D eigenvalue weighted by molar-refractivity contribution is 5.82. The highest BCUT2D eigenvalue weighted by atomic mass is 19.1. The number of aryl methyl sites for hydroxylation is 1. The summed E-state index contributed by atoms with van der Waals surface area (Å²) in [6, 6.07) is 5.76. The summed E-state index contributed by atoms with van der Waals surface area (Å²) >= 11 is 0. The summed E-state index contributed by atoms with van der Waals surface area (Å²) in [6.07, 6.45) is 0.631. The molecule has 0 aliphatic carbocycles. The fourth-order valence-corrected chi connectivity index (χ4v) is 1.31. The van der Waals surface area contributed by atoms with Crippen LogP contribution in [-0.2, 0) is 7.05 Å².